The van der Waals surface area contributed by atoms with E-state index in [0.29, 0.717) is 17.9 Å². The lowest BCUT2D eigenvalue weighted by Crippen LogP contribution is -2.52. The lowest BCUT2D eigenvalue weighted by atomic mass is 9.65. The van der Waals surface area contributed by atoms with E-state index in [-0.39, 0.29) is 7.33 Å². The van der Waals surface area contributed by atoms with E-state index in [0.717, 1.165) is 0 Å². The standard InChI is InChI=1S/C17H32N4O.C3H8.H2/c1-3-16(22)18-15-12-17(13-15)4-5-21(14-17)11-10-20-8-6-19(2)7-9-20;1-3-2;/h15H,3-14H2,1-2H3,(H,18,22);3H2,1-2H3;1H. The number of rotatable bonds is 5. The van der Waals surface area contributed by atoms with Gasteiger partial charge in [-0.1, -0.05) is 27.2 Å². The van der Waals surface area contributed by atoms with Gasteiger partial charge in [-0.3, -0.25) is 9.69 Å². The van der Waals surface area contributed by atoms with Gasteiger partial charge in [0, 0.05) is 59.7 Å². The van der Waals surface area contributed by atoms with Crippen LogP contribution < -0.4 is 5.32 Å². The molecule has 25 heavy (non-hydrogen) atoms. The molecule has 1 amide bonds. The van der Waals surface area contributed by atoms with E-state index in [4.69, 9.17) is 0 Å². The number of nitrogens with zero attached hydrogens (tertiary/aromatic N) is 3. The molecule has 148 valence electrons. The molecule has 3 aliphatic rings. The van der Waals surface area contributed by atoms with Crippen LogP contribution in [0.1, 0.15) is 54.3 Å². The Morgan fingerprint density at radius 3 is 2.24 bits per heavy atom. The molecule has 1 aliphatic carbocycles. The Hall–Kier alpha value is -0.650. The van der Waals surface area contributed by atoms with Crippen molar-refractivity contribution in [1.82, 2.24) is 20.0 Å². The van der Waals surface area contributed by atoms with E-state index >= 15 is 0 Å². The zero-order chi connectivity index (χ0) is 18.3. The van der Waals surface area contributed by atoms with Gasteiger partial charge in [0.15, 0.2) is 0 Å². The molecule has 3 rings (SSSR count). The summed E-state index contributed by atoms with van der Waals surface area (Å²) in [6.07, 6.45) is 5.59. The molecule has 1 saturated carbocycles. The van der Waals surface area contributed by atoms with Crippen LogP contribution in [0.15, 0.2) is 0 Å². The van der Waals surface area contributed by atoms with Crippen LogP contribution in [0, 0.1) is 5.41 Å². The van der Waals surface area contributed by atoms with Crippen LogP contribution in [0.4, 0.5) is 0 Å². The zero-order valence-corrected chi connectivity index (χ0v) is 17.0. The van der Waals surface area contributed by atoms with Gasteiger partial charge in [0.2, 0.25) is 5.91 Å². The molecule has 0 radical (unpaired) electrons. The molecule has 2 aliphatic heterocycles. The van der Waals surface area contributed by atoms with Crippen LogP contribution in [0.5, 0.6) is 0 Å². The minimum Gasteiger partial charge on any atom is -0.353 e. The lowest BCUT2D eigenvalue weighted by Gasteiger charge is -2.45. The second-order valence-electron chi connectivity index (χ2n) is 8.40. The van der Waals surface area contributed by atoms with Gasteiger partial charge in [-0.15, -0.1) is 0 Å². The molecular weight excluding hydrogens is 312 g/mol. The molecule has 5 nitrogen and oxygen atoms in total. The second-order valence-corrected chi connectivity index (χ2v) is 8.40. The lowest BCUT2D eigenvalue weighted by molar-refractivity contribution is -0.123. The van der Waals surface area contributed by atoms with Gasteiger partial charge in [-0.25, -0.2) is 0 Å². The molecule has 0 unspecified atom stereocenters. The van der Waals surface area contributed by atoms with Crippen LogP contribution in [-0.2, 0) is 4.79 Å². The Labute approximate surface area is 156 Å². The summed E-state index contributed by atoms with van der Waals surface area (Å²) in [5.74, 6) is 0.213. The number of hydrogen-bond acceptors (Lipinski definition) is 4. The quantitative estimate of drug-likeness (QED) is 0.822. The van der Waals surface area contributed by atoms with Crippen molar-refractivity contribution in [3.63, 3.8) is 0 Å². The number of piperazine rings is 1. The van der Waals surface area contributed by atoms with Gasteiger partial charge in [-0.05, 0) is 38.3 Å². The maximum atomic E-state index is 11.5. The molecule has 5 heteroatoms. The summed E-state index contributed by atoms with van der Waals surface area (Å²) >= 11 is 0. The molecule has 0 bridgehead atoms. The highest BCUT2D eigenvalue weighted by molar-refractivity contribution is 5.76. The Bertz CT molecular complexity index is 407. The van der Waals surface area contributed by atoms with Crippen LogP contribution in [0.25, 0.3) is 0 Å². The van der Waals surface area contributed by atoms with Crippen molar-refractivity contribution in [2.75, 3.05) is 59.4 Å². The smallest absolute Gasteiger partial charge is 0.219 e. The molecule has 1 N–H and O–H groups in total. The Kier molecular flexibility index (Phi) is 8.17. The number of likely N-dealkylation sites (N-methyl/N-ethyl adjacent to an activating group) is 1. The van der Waals surface area contributed by atoms with E-state index < -0.39 is 0 Å². The fourth-order valence-corrected chi connectivity index (χ4v) is 4.32. The molecule has 0 aromatic carbocycles. The molecule has 1 spiro atoms. The summed E-state index contributed by atoms with van der Waals surface area (Å²) in [6.45, 7) is 16.0. The highest BCUT2D eigenvalue weighted by Crippen LogP contribution is 2.48. The number of hydrogen-bond donors (Lipinski definition) is 1. The fourth-order valence-electron chi connectivity index (χ4n) is 4.32. The molecule has 0 aromatic rings. The summed E-state index contributed by atoms with van der Waals surface area (Å²) in [6, 6.07) is 0.449. The van der Waals surface area contributed by atoms with Gasteiger partial charge < -0.3 is 15.1 Å². The molecule has 2 heterocycles. The van der Waals surface area contributed by atoms with Crippen LogP contribution in [0.2, 0.25) is 0 Å². The predicted molar refractivity (Wildman–Crippen MR) is 107 cm³/mol. The minimum atomic E-state index is 0. The van der Waals surface area contributed by atoms with Crippen LogP contribution >= 0.6 is 0 Å². The van der Waals surface area contributed by atoms with E-state index in [2.05, 4.69) is 40.9 Å². The third kappa shape index (κ3) is 6.22. The van der Waals surface area contributed by atoms with E-state index in [9.17, 15) is 4.79 Å². The first-order valence-electron chi connectivity index (χ1n) is 10.4. The first-order valence-corrected chi connectivity index (χ1v) is 10.4. The number of nitrogens with one attached hydrogen (secondary N) is 1. The summed E-state index contributed by atoms with van der Waals surface area (Å²) in [7, 11) is 2.21. The summed E-state index contributed by atoms with van der Waals surface area (Å²) in [5.41, 5.74) is 0.522. The zero-order valence-electron chi connectivity index (χ0n) is 17.0. The summed E-state index contributed by atoms with van der Waals surface area (Å²) in [5, 5.41) is 3.15. The number of carbonyl (C=O) groups excluding carboxylic acids is 1. The maximum absolute atomic E-state index is 11.5. The summed E-state index contributed by atoms with van der Waals surface area (Å²) < 4.78 is 0. The Morgan fingerprint density at radius 2 is 1.64 bits per heavy atom. The van der Waals surface area contributed by atoms with E-state index in [1.807, 2.05) is 6.92 Å². The molecule has 3 fully saturated rings. The monoisotopic (exact) mass is 354 g/mol. The topological polar surface area (TPSA) is 38.8 Å². The van der Waals surface area contributed by atoms with Crippen molar-refractivity contribution in [2.24, 2.45) is 5.41 Å². The van der Waals surface area contributed by atoms with Crippen molar-refractivity contribution in [3.05, 3.63) is 0 Å². The van der Waals surface area contributed by atoms with Gasteiger partial charge in [0.05, 0.1) is 0 Å². The average Bonchev–Trinajstić information content (AvgIpc) is 2.99. The number of amides is 1. The van der Waals surface area contributed by atoms with Crippen molar-refractivity contribution >= 4 is 5.91 Å². The van der Waals surface area contributed by atoms with Gasteiger partial charge >= 0.3 is 0 Å². The molecule has 0 atom stereocenters. The minimum absolute atomic E-state index is 0. The second kappa shape index (κ2) is 9.89. The Balaban J connectivity index is 0.000000791. The van der Waals surface area contributed by atoms with Gasteiger partial charge in [-0.2, -0.15) is 0 Å². The third-order valence-corrected chi connectivity index (χ3v) is 5.89. The Morgan fingerprint density at radius 1 is 1.04 bits per heavy atom. The first kappa shape index (κ1) is 20.7. The number of likely N-dealkylation sites (tertiary alicyclic amines) is 1. The largest absolute Gasteiger partial charge is 0.353 e. The van der Waals surface area contributed by atoms with Gasteiger partial charge in [0.1, 0.15) is 0 Å². The van der Waals surface area contributed by atoms with Crippen LogP contribution in [-0.4, -0.2) is 86.1 Å². The highest BCUT2D eigenvalue weighted by Gasteiger charge is 2.48. The highest BCUT2D eigenvalue weighted by atomic mass is 16.1. The van der Waals surface area contributed by atoms with Crippen molar-refractivity contribution < 1.29 is 6.22 Å². The number of carbonyl (C=O) groups is 1. The first-order chi connectivity index (χ1) is 12.0. The van der Waals surface area contributed by atoms with E-state index in [1.165, 1.54) is 78.0 Å². The average molecular weight is 355 g/mol. The molecule has 0 aromatic heterocycles. The van der Waals surface area contributed by atoms with Crippen molar-refractivity contribution in [2.45, 2.75) is 58.9 Å². The molecular formula is C20H42N4O. The third-order valence-electron chi connectivity index (χ3n) is 5.89. The predicted octanol–water partition coefficient (Wildman–Crippen LogP) is 2.28. The van der Waals surface area contributed by atoms with E-state index in [1.54, 1.807) is 0 Å². The van der Waals surface area contributed by atoms with Crippen LogP contribution in [0.3, 0.4) is 0 Å². The molecule has 2 saturated heterocycles. The maximum Gasteiger partial charge on any atom is 0.219 e. The van der Waals surface area contributed by atoms with Gasteiger partial charge in [0.25, 0.3) is 0 Å². The SMILES string of the molecule is CCC.CCC(=O)NC1CC2(CCN(CCN3CCN(C)CC3)C2)C1.[HH]. The summed E-state index contributed by atoms with van der Waals surface area (Å²) in [4.78, 5) is 19.1. The van der Waals surface area contributed by atoms with Crippen molar-refractivity contribution in [3.8, 4) is 0 Å². The fraction of sp³-hybridized carbons (Fsp3) is 0.950. The normalized spacial score (nSPS) is 30.6. The van der Waals surface area contributed by atoms with Crippen molar-refractivity contribution in [1.29, 1.82) is 0 Å².